The molecule has 1 aromatic rings. The molecule has 1 spiro atoms. The van der Waals surface area contributed by atoms with Crippen LogP contribution in [0, 0.1) is 5.92 Å². The van der Waals surface area contributed by atoms with Gasteiger partial charge in [-0.2, -0.15) is 0 Å². The van der Waals surface area contributed by atoms with Crippen LogP contribution in [-0.4, -0.2) is 49.3 Å². The minimum absolute atomic E-state index is 0.0406. The maximum absolute atomic E-state index is 12.7. The number of piperidine rings is 1. The van der Waals surface area contributed by atoms with Crippen LogP contribution in [0.4, 0.5) is 0 Å². The number of amides is 1. The van der Waals surface area contributed by atoms with Gasteiger partial charge in [0.1, 0.15) is 0 Å². The molecular formula is C20H27NO3. The zero-order valence-corrected chi connectivity index (χ0v) is 14.5. The second-order valence-corrected chi connectivity index (χ2v) is 7.68. The van der Waals surface area contributed by atoms with E-state index in [0.717, 1.165) is 45.2 Å². The molecule has 1 unspecified atom stereocenters. The predicted molar refractivity (Wildman–Crippen MR) is 91.9 cm³/mol. The second-order valence-electron chi connectivity index (χ2n) is 7.68. The van der Waals surface area contributed by atoms with Gasteiger partial charge >= 0.3 is 0 Å². The van der Waals surface area contributed by atoms with Gasteiger partial charge in [-0.25, -0.2) is 0 Å². The molecule has 0 bridgehead atoms. The van der Waals surface area contributed by atoms with Gasteiger partial charge in [-0.1, -0.05) is 24.3 Å². The zero-order valence-electron chi connectivity index (χ0n) is 14.5. The van der Waals surface area contributed by atoms with E-state index in [1.165, 1.54) is 11.1 Å². The van der Waals surface area contributed by atoms with E-state index in [0.29, 0.717) is 24.9 Å². The Morgan fingerprint density at radius 2 is 1.92 bits per heavy atom. The molecule has 0 radical (unpaired) electrons. The van der Waals surface area contributed by atoms with Crippen molar-refractivity contribution in [3.63, 3.8) is 0 Å². The van der Waals surface area contributed by atoms with Crippen LogP contribution in [0.15, 0.2) is 24.3 Å². The highest BCUT2D eigenvalue weighted by Crippen LogP contribution is 2.37. The topological polar surface area (TPSA) is 38.8 Å². The molecule has 4 heteroatoms. The Kier molecular flexibility index (Phi) is 4.35. The summed E-state index contributed by atoms with van der Waals surface area (Å²) in [6.45, 7) is 2.36. The number of fused-ring (bicyclic) bond motifs is 1. The van der Waals surface area contributed by atoms with E-state index < -0.39 is 0 Å². The Morgan fingerprint density at radius 3 is 2.50 bits per heavy atom. The van der Waals surface area contributed by atoms with Crippen molar-refractivity contribution < 1.29 is 14.3 Å². The molecule has 1 aliphatic carbocycles. The number of carbonyl (C=O) groups is 1. The molecule has 4 rings (SSSR count). The highest BCUT2D eigenvalue weighted by molar-refractivity contribution is 5.76. The van der Waals surface area contributed by atoms with Crippen molar-refractivity contribution in [2.45, 2.75) is 50.2 Å². The summed E-state index contributed by atoms with van der Waals surface area (Å²) in [5, 5.41) is 0. The summed E-state index contributed by atoms with van der Waals surface area (Å²) in [5.74, 6) is 0.801. The monoisotopic (exact) mass is 329 g/mol. The quantitative estimate of drug-likeness (QED) is 0.855. The zero-order chi connectivity index (χ0) is 16.6. The molecule has 24 heavy (non-hydrogen) atoms. The van der Waals surface area contributed by atoms with Crippen molar-refractivity contribution >= 4 is 5.91 Å². The third kappa shape index (κ3) is 3.09. The van der Waals surface area contributed by atoms with Gasteiger partial charge in [0.05, 0.1) is 18.3 Å². The first kappa shape index (κ1) is 16.1. The van der Waals surface area contributed by atoms with Gasteiger partial charge in [0.15, 0.2) is 0 Å². The molecule has 130 valence electrons. The number of benzene rings is 1. The maximum Gasteiger partial charge on any atom is 0.222 e. The average molecular weight is 329 g/mol. The number of hydrogen-bond acceptors (Lipinski definition) is 3. The van der Waals surface area contributed by atoms with Crippen LogP contribution in [0.3, 0.4) is 0 Å². The van der Waals surface area contributed by atoms with Gasteiger partial charge in [-0.15, -0.1) is 0 Å². The Hall–Kier alpha value is -1.39. The molecule has 0 N–H and O–H groups in total. The van der Waals surface area contributed by atoms with Crippen molar-refractivity contribution in [1.29, 1.82) is 0 Å². The molecule has 1 aromatic carbocycles. The van der Waals surface area contributed by atoms with Gasteiger partial charge in [0.2, 0.25) is 5.91 Å². The van der Waals surface area contributed by atoms with Crippen molar-refractivity contribution in [2.24, 2.45) is 5.92 Å². The lowest BCUT2D eigenvalue weighted by Gasteiger charge is -2.39. The van der Waals surface area contributed by atoms with E-state index in [4.69, 9.17) is 9.47 Å². The van der Waals surface area contributed by atoms with E-state index in [9.17, 15) is 4.79 Å². The molecule has 1 atom stereocenters. The molecule has 3 aliphatic rings. The summed E-state index contributed by atoms with van der Waals surface area (Å²) < 4.78 is 11.5. The minimum atomic E-state index is -0.0406. The number of ether oxygens (including phenoxy) is 2. The molecule has 2 saturated heterocycles. The first-order valence-electron chi connectivity index (χ1n) is 9.19. The normalized spacial score (nSPS) is 26.0. The number of hydrogen-bond donors (Lipinski definition) is 0. The molecule has 1 amide bonds. The highest BCUT2D eigenvalue weighted by Gasteiger charge is 2.43. The maximum atomic E-state index is 12.7. The van der Waals surface area contributed by atoms with Gasteiger partial charge < -0.3 is 14.4 Å². The van der Waals surface area contributed by atoms with Gasteiger partial charge in [0, 0.05) is 33.0 Å². The van der Waals surface area contributed by atoms with Gasteiger partial charge in [0.25, 0.3) is 0 Å². The Labute approximate surface area is 144 Å². The van der Waals surface area contributed by atoms with Crippen LogP contribution in [0.2, 0.25) is 0 Å². The number of likely N-dealkylation sites (tertiary alicyclic amines) is 1. The Bertz CT molecular complexity index is 582. The second kappa shape index (κ2) is 6.49. The molecule has 0 aromatic heterocycles. The summed E-state index contributed by atoms with van der Waals surface area (Å²) in [6, 6.07) is 8.60. The highest BCUT2D eigenvalue weighted by atomic mass is 16.6. The number of rotatable bonds is 3. The molecule has 4 nitrogen and oxygen atoms in total. The average Bonchev–Trinajstić information content (AvgIpc) is 3.19. The summed E-state index contributed by atoms with van der Waals surface area (Å²) in [7, 11) is 1.76. The lowest BCUT2D eigenvalue weighted by Crippen LogP contribution is -2.47. The van der Waals surface area contributed by atoms with Crippen molar-refractivity contribution in [2.75, 3.05) is 26.8 Å². The SMILES string of the molecule is COC1COC2(CCN(C(=O)CC3Cc4ccccc4C3)CC2)C1. The van der Waals surface area contributed by atoms with Crippen LogP contribution in [0.5, 0.6) is 0 Å². The largest absolute Gasteiger partial charge is 0.379 e. The number of methoxy groups -OCH3 is 1. The fourth-order valence-corrected chi connectivity index (χ4v) is 4.64. The molecule has 0 saturated carbocycles. The molecule has 2 heterocycles. The number of carbonyl (C=O) groups excluding carboxylic acids is 1. The smallest absolute Gasteiger partial charge is 0.222 e. The third-order valence-electron chi connectivity index (χ3n) is 6.13. The van der Waals surface area contributed by atoms with Gasteiger partial charge in [-0.3, -0.25) is 4.79 Å². The summed E-state index contributed by atoms with van der Waals surface area (Å²) >= 11 is 0. The van der Waals surface area contributed by atoms with E-state index in [-0.39, 0.29) is 11.7 Å². The summed E-state index contributed by atoms with van der Waals surface area (Å²) in [6.07, 6.45) is 5.89. The van der Waals surface area contributed by atoms with Crippen LogP contribution >= 0.6 is 0 Å². The minimum Gasteiger partial charge on any atom is -0.379 e. The lowest BCUT2D eigenvalue weighted by molar-refractivity contribution is -0.136. The fourth-order valence-electron chi connectivity index (χ4n) is 4.64. The van der Waals surface area contributed by atoms with Crippen molar-refractivity contribution in [3.05, 3.63) is 35.4 Å². The van der Waals surface area contributed by atoms with E-state index >= 15 is 0 Å². The van der Waals surface area contributed by atoms with Crippen LogP contribution < -0.4 is 0 Å². The Balaban J connectivity index is 1.28. The summed E-state index contributed by atoms with van der Waals surface area (Å²) in [5.41, 5.74) is 2.82. The Morgan fingerprint density at radius 1 is 1.25 bits per heavy atom. The number of nitrogens with zero attached hydrogens (tertiary/aromatic N) is 1. The molecule has 2 aliphatic heterocycles. The van der Waals surface area contributed by atoms with E-state index in [2.05, 4.69) is 29.2 Å². The fraction of sp³-hybridized carbons (Fsp3) is 0.650. The first-order chi connectivity index (χ1) is 11.7. The van der Waals surface area contributed by atoms with Crippen LogP contribution in [0.25, 0.3) is 0 Å². The van der Waals surface area contributed by atoms with E-state index in [1.54, 1.807) is 7.11 Å². The predicted octanol–water partition coefficient (Wildman–Crippen LogP) is 2.59. The van der Waals surface area contributed by atoms with Crippen molar-refractivity contribution in [1.82, 2.24) is 4.90 Å². The summed E-state index contributed by atoms with van der Waals surface area (Å²) in [4.78, 5) is 14.7. The van der Waals surface area contributed by atoms with Crippen LogP contribution in [-0.2, 0) is 27.1 Å². The molecular weight excluding hydrogens is 302 g/mol. The van der Waals surface area contributed by atoms with E-state index in [1.807, 2.05) is 0 Å². The van der Waals surface area contributed by atoms with Crippen molar-refractivity contribution in [3.8, 4) is 0 Å². The standard InChI is InChI=1S/C20H27NO3/c1-23-18-13-20(24-14-18)6-8-21(9-7-20)19(22)12-15-10-16-4-2-3-5-17(16)11-15/h2-5,15,18H,6-14H2,1H3. The van der Waals surface area contributed by atoms with Crippen LogP contribution in [0.1, 0.15) is 36.8 Å². The van der Waals surface area contributed by atoms with Gasteiger partial charge in [-0.05, 0) is 42.7 Å². The molecule has 2 fully saturated rings. The lowest BCUT2D eigenvalue weighted by atomic mass is 9.87. The first-order valence-corrected chi connectivity index (χ1v) is 9.19. The third-order valence-corrected chi connectivity index (χ3v) is 6.13.